The quantitative estimate of drug-likeness (QED) is 0.680. The molecule has 7 heteroatoms. The van der Waals surface area contributed by atoms with E-state index in [-0.39, 0.29) is 0 Å². The molecule has 1 heterocycles. The third kappa shape index (κ3) is 1.78. The van der Waals surface area contributed by atoms with Crippen molar-refractivity contribution in [2.24, 2.45) is 0 Å². The van der Waals surface area contributed by atoms with Crippen molar-refractivity contribution in [3.63, 3.8) is 0 Å². The minimum absolute atomic E-state index is 0.296. The van der Waals surface area contributed by atoms with Gasteiger partial charge in [0, 0.05) is 0 Å². The van der Waals surface area contributed by atoms with Crippen molar-refractivity contribution in [3.05, 3.63) is 8.02 Å². The summed E-state index contributed by atoms with van der Waals surface area (Å²) < 4.78 is 35.4. The second kappa shape index (κ2) is 2.61. The molecule has 2 nitrogen and oxygen atoms in total. The van der Waals surface area contributed by atoms with Gasteiger partial charge in [-0.05, 0) is 22.6 Å². The lowest BCUT2D eigenvalue weighted by Gasteiger charge is -1.96. The monoisotopic (exact) mass is 280 g/mol. The van der Waals surface area contributed by atoms with E-state index in [1.165, 1.54) is 0 Å². The molecule has 0 amide bonds. The molecule has 1 rings (SSSR count). The minimum Gasteiger partial charge on any atom is -0.164 e. The summed E-state index contributed by atoms with van der Waals surface area (Å²) >= 11 is 2.22. The van der Waals surface area contributed by atoms with Gasteiger partial charge in [0.05, 0.1) is 0 Å². The molecule has 0 bridgehead atoms. The molecular formula is C3F3IN2S. The van der Waals surface area contributed by atoms with Gasteiger partial charge in [-0.3, -0.25) is 0 Å². The van der Waals surface area contributed by atoms with Crippen molar-refractivity contribution in [1.29, 1.82) is 0 Å². The van der Waals surface area contributed by atoms with Crippen LogP contribution in [0, 0.1) is 3.01 Å². The lowest BCUT2D eigenvalue weighted by molar-refractivity contribution is -0.138. The summed E-state index contributed by atoms with van der Waals surface area (Å²) in [6, 6.07) is 0. The van der Waals surface area contributed by atoms with E-state index in [1.807, 2.05) is 0 Å². The van der Waals surface area contributed by atoms with Gasteiger partial charge in [-0.2, -0.15) is 13.2 Å². The van der Waals surface area contributed by atoms with Crippen LogP contribution in [0.15, 0.2) is 0 Å². The SMILES string of the molecule is FC(F)(F)c1nnc(I)s1. The summed E-state index contributed by atoms with van der Waals surface area (Å²) in [5, 5.41) is 5.25. The average Bonchev–Trinajstić information content (AvgIpc) is 2.11. The third-order valence-corrected chi connectivity index (χ3v) is 2.28. The van der Waals surface area contributed by atoms with Crippen LogP contribution in [0.3, 0.4) is 0 Å². The molecule has 0 saturated heterocycles. The predicted octanol–water partition coefficient (Wildman–Crippen LogP) is 2.16. The molecule has 0 atom stereocenters. The number of rotatable bonds is 0. The highest BCUT2D eigenvalue weighted by atomic mass is 127. The van der Waals surface area contributed by atoms with Crippen molar-refractivity contribution in [3.8, 4) is 0 Å². The summed E-state index contributed by atoms with van der Waals surface area (Å²) in [5.41, 5.74) is 0. The molecule has 0 N–H and O–H groups in total. The standard InChI is InChI=1S/C3F3IN2S/c4-3(5,6)1-8-9-2(7)10-1. The first-order chi connectivity index (χ1) is 4.50. The van der Waals surface area contributed by atoms with E-state index in [2.05, 4.69) is 10.2 Å². The summed E-state index contributed by atoms with van der Waals surface area (Å²) in [6.45, 7) is 0. The summed E-state index contributed by atoms with van der Waals surface area (Å²) in [4.78, 5) is 0. The van der Waals surface area contributed by atoms with E-state index in [9.17, 15) is 13.2 Å². The highest BCUT2D eigenvalue weighted by Gasteiger charge is 2.35. The van der Waals surface area contributed by atoms with Crippen LogP contribution in [0.25, 0.3) is 0 Å². The van der Waals surface area contributed by atoms with Crippen LogP contribution < -0.4 is 0 Å². The molecular weight excluding hydrogens is 280 g/mol. The van der Waals surface area contributed by atoms with E-state index >= 15 is 0 Å². The van der Waals surface area contributed by atoms with E-state index in [0.717, 1.165) is 0 Å². The van der Waals surface area contributed by atoms with Crippen molar-refractivity contribution in [2.45, 2.75) is 6.18 Å². The fraction of sp³-hybridized carbons (Fsp3) is 0.333. The van der Waals surface area contributed by atoms with Gasteiger partial charge in [0.25, 0.3) is 0 Å². The molecule has 0 radical (unpaired) electrons. The molecule has 0 aliphatic carbocycles. The maximum absolute atomic E-state index is 11.7. The van der Waals surface area contributed by atoms with Crippen LogP contribution in [-0.2, 0) is 6.18 Å². The fourth-order valence-electron chi connectivity index (χ4n) is 0.320. The predicted molar refractivity (Wildman–Crippen MR) is 37.6 cm³/mol. The molecule has 0 unspecified atom stereocenters. The van der Waals surface area contributed by atoms with Crippen molar-refractivity contribution >= 4 is 33.9 Å². The zero-order valence-electron chi connectivity index (χ0n) is 4.31. The van der Waals surface area contributed by atoms with Gasteiger partial charge in [-0.15, -0.1) is 10.2 Å². The zero-order chi connectivity index (χ0) is 7.78. The average molecular weight is 280 g/mol. The zero-order valence-corrected chi connectivity index (χ0v) is 7.29. The van der Waals surface area contributed by atoms with Crippen molar-refractivity contribution in [1.82, 2.24) is 10.2 Å². The first-order valence-electron chi connectivity index (χ1n) is 2.06. The van der Waals surface area contributed by atoms with Gasteiger partial charge < -0.3 is 0 Å². The Balaban J connectivity index is 2.96. The highest BCUT2D eigenvalue weighted by molar-refractivity contribution is 14.1. The largest absolute Gasteiger partial charge is 0.445 e. The number of aromatic nitrogens is 2. The Bertz CT molecular complexity index is 232. The summed E-state index contributed by atoms with van der Waals surface area (Å²) in [6.07, 6.45) is -4.35. The lowest BCUT2D eigenvalue weighted by atomic mass is 10.7. The minimum atomic E-state index is -4.35. The molecule has 0 spiro atoms. The number of hydrogen-bond acceptors (Lipinski definition) is 3. The third-order valence-electron chi connectivity index (χ3n) is 0.643. The number of hydrogen-bond donors (Lipinski definition) is 0. The Hall–Kier alpha value is 0.0800. The maximum Gasteiger partial charge on any atom is 0.445 e. The van der Waals surface area contributed by atoms with Gasteiger partial charge in [0.1, 0.15) is 0 Å². The normalized spacial score (nSPS) is 12.0. The molecule has 10 heavy (non-hydrogen) atoms. The first kappa shape index (κ1) is 8.18. The fourth-order valence-corrected chi connectivity index (χ4v) is 1.49. The molecule has 1 aromatic rings. The van der Waals surface area contributed by atoms with E-state index < -0.39 is 11.2 Å². The van der Waals surface area contributed by atoms with Crippen LogP contribution >= 0.6 is 33.9 Å². The van der Waals surface area contributed by atoms with Crippen LogP contribution in [0.5, 0.6) is 0 Å². The second-order valence-corrected chi connectivity index (χ2v) is 4.09. The van der Waals surface area contributed by atoms with Gasteiger partial charge in [-0.1, -0.05) is 11.3 Å². The van der Waals surface area contributed by atoms with Crippen molar-refractivity contribution in [2.75, 3.05) is 0 Å². The Morgan fingerprint density at radius 1 is 1.30 bits per heavy atom. The van der Waals surface area contributed by atoms with Crippen LogP contribution in [0.4, 0.5) is 13.2 Å². The second-order valence-electron chi connectivity index (χ2n) is 1.36. The van der Waals surface area contributed by atoms with Crippen LogP contribution in [0.2, 0.25) is 0 Å². The van der Waals surface area contributed by atoms with E-state index in [4.69, 9.17) is 0 Å². The van der Waals surface area contributed by atoms with Crippen LogP contribution in [0.1, 0.15) is 5.01 Å². The first-order valence-corrected chi connectivity index (χ1v) is 3.96. The molecule has 1 aromatic heterocycles. The van der Waals surface area contributed by atoms with Gasteiger partial charge >= 0.3 is 6.18 Å². The topological polar surface area (TPSA) is 25.8 Å². The molecule has 0 aromatic carbocycles. The number of halogens is 4. The van der Waals surface area contributed by atoms with Gasteiger partial charge in [-0.25, -0.2) is 0 Å². The summed E-state index contributed by atoms with van der Waals surface area (Å²) in [7, 11) is 0. The van der Waals surface area contributed by atoms with Gasteiger partial charge in [0.15, 0.2) is 3.01 Å². The van der Waals surface area contributed by atoms with Crippen LogP contribution in [-0.4, -0.2) is 10.2 Å². The molecule has 0 fully saturated rings. The molecule has 56 valence electrons. The summed E-state index contributed by atoms with van der Waals surface area (Å²) in [5.74, 6) is 0. The number of nitrogens with zero attached hydrogens (tertiary/aromatic N) is 2. The Kier molecular flexibility index (Phi) is 2.13. The molecule has 0 aliphatic rings. The van der Waals surface area contributed by atoms with Gasteiger partial charge in [0.2, 0.25) is 5.01 Å². The molecule has 0 saturated carbocycles. The number of alkyl halides is 3. The van der Waals surface area contributed by atoms with Crippen molar-refractivity contribution < 1.29 is 13.2 Å². The lowest BCUT2D eigenvalue weighted by Crippen LogP contribution is -2.03. The Morgan fingerprint density at radius 2 is 1.90 bits per heavy atom. The molecule has 0 aliphatic heterocycles. The smallest absolute Gasteiger partial charge is 0.164 e. The highest BCUT2D eigenvalue weighted by Crippen LogP contribution is 2.31. The maximum atomic E-state index is 11.7. The Labute approximate surface area is 71.6 Å². The van der Waals surface area contributed by atoms with E-state index in [0.29, 0.717) is 14.4 Å². The van der Waals surface area contributed by atoms with E-state index in [1.54, 1.807) is 22.6 Å². The Morgan fingerprint density at radius 3 is 2.10 bits per heavy atom.